The Kier molecular flexibility index (Phi) is 6.64. The minimum Gasteiger partial charge on any atom is -0.443 e. The molecule has 2 aromatic rings. The van der Waals surface area contributed by atoms with Gasteiger partial charge in [-0.25, -0.2) is 18.0 Å². The fraction of sp³-hybridized carbons (Fsp3) is 0.368. The number of halogens is 3. The molecule has 0 aliphatic carbocycles. The molecule has 12 heteroatoms. The van der Waals surface area contributed by atoms with Gasteiger partial charge in [-0.05, 0) is 30.7 Å². The number of nitrogens with one attached hydrogen (secondary N) is 1. The number of anilines is 2. The first-order chi connectivity index (χ1) is 14.8. The van der Waals surface area contributed by atoms with Crippen molar-refractivity contribution in [2.24, 2.45) is 11.7 Å². The number of primary amides is 1. The molecule has 1 aliphatic rings. The van der Waals surface area contributed by atoms with Crippen molar-refractivity contribution in [1.29, 1.82) is 5.26 Å². The van der Waals surface area contributed by atoms with Crippen LogP contribution >= 0.6 is 0 Å². The molecule has 1 aromatic heterocycles. The number of nitrogens with zero attached hydrogens (tertiary/aromatic N) is 4. The van der Waals surface area contributed by atoms with E-state index in [1.54, 1.807) is 0 Å². The Balaban J connectivity index is 1.77. The Morgan fingerprint density at radius 2 is 2.06 bits per heavy atom. The van der Waals surface area contributed by atoms with Crippen molar-refractivity contribution in [2.45, 2.75) is 18.9 Å². The highest BCUT2D eigenvalue weighted by molar-refractivity contribution is 5.98. The second kappa shape index (κ2) is 9.38. The van der Waals surface area contributed by atoms with Gasteiger partial charge in [0, 0.05) is 25.0 Å². The maximum Gasteiger partial charge on any atom is 0.410 e. The molecule has 0 spiro atoms. The maximum atomic E-state index is 13.1. The molecule has 1 saturated heterocycles. The number of carbonyl (C=O) groups is 2. The smallest absolute Gasteiger partial charge is 0.410 e. The standard InChI is InChI=1S/C19H19F3N6O3/c20-12-1-3-13(4-2-12)25-18-14(17(24)29)9-28(26-18)15-5-6-27(8-11(15)7-23)19(30)31-10-16(21)22/h1-4,9,11,15-16H,5-6,8,10H2,(H2,24,29)(H,25,26)/t11-,15-/m0/s1. The van der Waals surface area contributed by atoms with E-state index in [4.69, 9.17) is 5.73 Å². The number of hydrogen-bond acceptors (Lipinski definition) is 6. The molecule has 0 bridgehead atoms. The number of nitriles is 1. The van der Waals surface area contributed by atoms with Crippen LogP contribution in [-0.2, 0) is 4.74 Å². The summed E-state index contributed by atoms with van der Waals surface area (Å²) in [5.74, 6) is -1.78. The minimum absolute atomic E-state index is 0.0459. The van der Waals surface area contributed by atoms with Crippen molar-refractivity contribution >= 4 is 23.5 Å². The number of carbonyl (C=O) groups excluding carboxylic acids is 2. The largest absolute Gasteiger partial charge is 0.443 e. The predicted molar refractivity (Wildman–Crippen MR) is 102 cm³/mol. The van der Waals surface area contributed by atoms with Crippen LogP contribution in [0.4, 0.5) is 29.5 Å². The molecule has 9 nitrogen and oxygen atoms in total. The van der Waals surface area contributed by atoms with Crippen LogP contribution < -0.4 is 11.1 Å². The normalized spacial score (nSPS) is 18.5. The third-order valence-electron chi connectivity index (χ3n) is 4.78. The van der Waals surface area contributed by atoms with Gasteiger partial charge in [0.15, 0.2) is 12.4 Å². The third-order valence-corrected chi connectivity index (χ3v) is 4.78. The van der Waals surface area contributed by atoms with Gasteiger partial charge in [-0.1, -0.05) is 0 Å². The number of piperidine rings is 1. The van der Waals surface area contributed by atoms with E-state index in [1.807, 2.05) is 0 Å². The lowest BCUT2D eigenvalue weighted by Crippen LogP contribution is -2.44. The Bertz CT molecular complexity index is 989. The van der Waals surface area contributed by atoms with E-state index >= 15 is 0 Å². The van der Waals surface area contributed by atoms with Gasteiger partial charge >= 0.3 is 6.09 Å². The molecule has 1 fully saturated rings. The molecular formula is C19H19F3N6O3. The molecule has 1 aromatic carbocycles. The Labute approximate surface area is 175 Å². The Morgan fingerprint density at radius 3 is 2.68 bits per heavy atom. The molecule has 0 unspecified atom stereocenters. The topological polar surface area (TPSA) is 126 Å². The number of aromatic nitrogens is 2. The summed E-state index contributed by atoms with van der Waals surface area (Å²) in [6, 6.07) is 6.97. The molecular weight excluding hydrogens is 417 g/mol. The second-order valence-corrected chi connectivity index (χ2v) is 6.87. The SMILES string of the molecule is N#C[C@H]1CN(C(=O)OCC(F)F)CC[C@@H]1n1cc(C(N)=O)c(Nc2ccc(F)cc2)n1. The zero-order valence-corrected chi connectivity index (χ0v) is 16.2. The lowest BCUT2D eigenvalue weighted by atomic mass is 9.94. The van der Waals surface area contributed by atoms with Crippen molar-refractivity contribution in [3.8, 4) is 6.07 Å². The minimum atomic E-state index is -2.78. The Hall–Kier alpha value is -3.75. The fourth-order valence-electron chi connectivity index (χ4n) is 3.28. The summed E-state index contributed by atoms with van der Waals surface area (Å²) in [5.41, 5.74) is 5.98. The van der Waals surface area contributed by atoms with E-state index in [2.05, 4.69) is 21.2 Å². The number of rotatable bonds is 6. The average molecular weight is 436 g/mol. The molecule has 2 heterocycles. The van der Waals surface area contributed by atoms with Gasteiger partial charge in [-0.3, -0.25) is 9.48 Å². The molecule has 164 valence electrons. The van der Waals surface area contributed by atoms with Crippen molar-refractivity contribution in [3.05, 3.63) is 41.8 Å². The molecule has 0 saturated carbocycles. The fourth-order valence-corrected chi connectivity index (χ4v) is 3.28. The lowest BCUT2D eigenvalue weighted by Gasteiger charge is -2.34. The number of hydrogen-bond donors (Lipinski definition) is 2. The maximum absolute atomic E-state index is 13.1. The summed E-state index contributed by atoms with van der Waals surface area (Å²) in [6.07, 6.45) is -2.03. The van der Waals surface area contributed by atoms with Gasteiger partial charge in [-0.2, -0.15) is 10.4 Å². The molecule has 0 radical (unpaired) electrons. The number of ether oxygens (including phenoxy) is 1. The number of amides is 2. The number of benzene rings is 1. The first-order valence-corrected chi connectivity index (χ1v) is 9.29. The number of alkyl halides is 2. The van der Waals surface area contributed by atoms with Crippen LogP contribution in [0.5, 0.6) is 0 Å². The van der Waals surface area contributed by atoms with Crippen LogP contribution in [-0.4, -0.2) is 52.8 Å². The van der Waals surface area contributed by atoms with Crippen molar-refractivity contribution in [2.75, 3.05) is 25.0 Å². The van der Waals surface area contributed by atoms with Crippen molar-refractivity contribution < 1.29 is 27.5 Å². The van der Waals surface area contributed by atoms with Gasteiger partial charge in [-0.15, -0.1) is 0 Å². The summed E-state index contributed by atoms with van der Waals surface area (Å²) < 4.78 is 43.5. The highest BCUT2D eigenvalue weighted by atomic mass is 19.3. The summed E-state index contributed by atoms with van der Waals surface area (Å²) in [5, 5.41) is 16.8. The van der Waals surface area contributed by atoms with Gasteiger partial charge in [0.2, 0.25) is 0 Å². The highest BCUT2D eigenvalue weighted by Crippen LogP contribution is 2.30. The number of nitrogens with two attached hydrogens (primary N) is 1. The summed E-state index contributed by atoms with van der Waals surface area (Å²) in [7, 11) is 0. The molecule has 3 rings (SSSR count). The second-order valence-electron chi connectivity index (χ2n) is 6.87. The van der Waals surface area contributed by atoms with E-state index in [9.17, 15) is 28.0 Å². The van der Waals surface area contributed by atoms with Crippen LogP contribution in [0.25, 0.3) is 0 Å². The summed E-state index contributed by atoms with van der Waals surface area (Å²) in [6.45, 7) is -0.914. The van der Waals surface area contributed by atoms with E-state index in [0.29, 0.717) is 5.69 Å². The third kappa shape index (κ3) is 5.25. The predicted octanol–water partition coefficient (Wildman–Crippen LogP) is 2.65. The van der Waals surface area contributed by atoms with Crippen LogP contribution in [0.3, 0.4) is 0 Å². The first kappa shape index (κ1) is 21.9. The number of likely N-dealkylation sites (tertiary alicyclic amines) is 1. The Morgan fingerprint density at radius 1 is 1.35 bits per heavy atom. The highest BCUT2D eigenvalue weighted by Gasteiger charge is 2.35. The van der Waals surface area contributed by atoms with Crippen LogP contribution in [0.2, 0.25) is 0 Å². The van der Waals surface area contributed by atoms with Crippen LogP contribution in [0.15, 0.2) is 30.5 Å². The average Bonchev–Trinajstić information content (AvgIpc) is 3.17. The molecule has 3 N–H and O–H groups in total. The molecule has 1 aliphatic heterocycles. The zero-order valence-electron chi connectivity index (χ0n) is 16.2. The van der Waals surface area contributed by atoms with Crippen LogP contribution in [0.1, 0.15) is 22.8 Å². The monoisotopic (exact) mass is 436 g/mol. The van der Waals surface area contributed by atoms with E-state index in [0.717, 1.165) is 0 Å². The first-order valence-electron chi connectivity index (χ1n) is 9.29. The van der Waals surface area contributed by atoms with E-state index in [-0.39, 0.29) is 30.9 Å². The molecule has 2 amide bonds. The van der Waals surface area contributed by atoms with Crippen molar-refractivity contribution in [3.63, 3.8) is 0 Å². The van der Waals surface area contributed by atoms with E-state index in [1.165, 1.54) is 40.0 Å². The van der Waals surface area contributed by atoms with Crippen molar-refractivity contribution in [1.82, 2.24) is 14.7 Å². The van der Waals surface area contributed by atoms with Gasteiger partial charge in [0.25, 0.3) is 12.3 Å². The summed E-state index contributed by atoms with van der Waals surface area (Å²) >= 11 is 0. The van der Waals surface area contributed by atoms with Gasteiger partial charge in [0.05, 0.1) is 18.0 Å². The van der Waals surface area contributed by atoms with E-state index < -0.39 is 42.8 Å². The van der Waals surface area contributed by atoms with Gasteiger partial charge < -0.3 is 20.7 Å². The van der Waals surface area contributed by atoms with Crippen LogP contribution in [0, 0.1) is 23.1 Å². The molecule has 31 heavy (non-hydrogen) atoms. The zero-order chi connectivity index (χ0) is 22.5. The quantitative estimate of drug-likeness (QED) is 0.717. The molecule has 2 atom stereocenters. The lowest BCUT2D eigenvalue weighted by molar-refractivity contribution is 0.0237. The van der Waals surface area contributed by atoms with Gasteiger partial charge in [0.1, 0.15) is 11.4 Å². The summed E-state index contributed by atoms with van der Waals surface area (Å²) in [4.78, 5) is 25.0.